The number of hydrogen-bond acceptors (Lipinski definition) is 4. The highest BCUT2D eigenvalue weighted by molar-refractivity contribution is 6.08. The fourth-order valence-electron chi connectivity index (χ4n) is 2.61. The summed E-state index contributed by atoms with van der Waals surface area (Å²) in [5, 5.41) is 0.488. The molecule has 118 valence electrons. The van der Waals surface area contributed by atoms with Crippen LogP contribution in [0.15, 0.2) is 36.8 Å². The van der Waals surface area contributed by atoms with E-state index in [2.05, 4.69) is 9.97 Å². The van der Waals surface area contributed by atoms with Crippen molar-refractivity contribution in [1.82, 2.24) is 14.5 Å². The van der Waals surface area contributed by atoms with E-state index < -0.39 is 5.91 Å². The van der Waals surface area contributed by atoms with Gasteiger partial charge in [0.25, 0.3) is 5.91 Å². The predicted molar refractivity (Wildman–Crippen MR) is 85.2 cm³/mol. The number of rotatable bonds is 5. The highest BCUT2D eigenvalue weighted by Crippen LogP contribution is 2.23. The van der Waals surface area contributed by atoms with Crippen LogP contribution in [0.4, 0.5) is 10.2 Å². The largest absolute Gasteiger partial charge is 0.383 e. The SMILES string of the molecule is NC(=O)c1cn(CCCc2ccc(F)cc2)c2ncnc(N)c12. The molecule has 0 aliphatic carbocycles. The number of carbonyl (C=O) groups excluding carboxylic acids is 1. The number of halogens is 1. The maximum atomic E-state index is 12.9. The molecule has 0 saturated heterocycles. The van der Waals surface area contributed by atoms with Gasteiger partial charge in [-0.2, -0.15) is 0 Å². The van der Waals surface area contributed by atoms with Gasteiger partial charge in [0.2, 0.25) is 0 Å². The number of amides is 1. The van der Waals surface area contributed by atoms with Crippen molar-refractivity contribution in [2.24, 2.45) is 5.73 Å². The van der Waals surface area contributed by atoms with Crippen LogP contribution >= 0.6 is 0 Å². The minimum absolute atomic E-state index is 0.237. The van der Waals surface area contributed by atoms with E-state index in [0.717, 1.165) is 18.4 Å². The molecule has 2 heterocycles. The van der Waals surface area contributed by atoms with E-state index in [1.54, 1.807) is 18.3 Å². The number of nitrogens with two attached hydrogens (primary N) is 2. The molecule has 0 atom stereocenters. The van der Waals surface area contributed by atoms with E-state index in [1.807, 2.05) is 4.57 Å². The molecular weight excluding hydrogens is 297 g/mol. The van der Waals surface area contributed by atoms with Crippen molar-refractivity contribution in [3.05, 3.63) is 53.7 Å². The Kier molecular flexibility index (Phi) is 3.92. The van der Waals surface area contributed by atoms with Crippen LogP contribution in [0.2, 0.25) is 0 Å². The summed E-state index contributed by atoms with van der Waals surface area (Å²) < 4.78 is 14.7. The van der Waals surface area contributed by atoms with Crippen molar-refractivity contribution >= 4 is 22.8 Å². The van der Waals surface area contributed by atoms with E-state index in [9.17, 15) is 9.18 Å². The first-order valence-corrected chi connectivity index (χ1v) is 7.20. The third-order valence-corrected chi connectivity index (χ3v) is 3.73. The molecule has 1 amide bonds. The molecule has 0 radical (unpaired) electrons. The Labute approximate surface area is 131 Å². The van der Waals surface area contributed by atoms with Gasteiger partial charge in [-0.05, 0) is 30.5 Å². The van der Waals surface area contributed by atoms with Crippen molar-refractivity contribution < 1.29 is 9.18 Å². The Bertz CT molecular complexity index is 857. The zero-order valence-corrected chi connectivity index (χ0v) is 12.4. The van der Waals surface area contributed by atoms with Crippen LogP contribution in [0, 0.1) is 5.82 Å². The maximum absolute atomic E-state index is 12.9. The highest BCUT2D eigenvalue weighted by atomic mass is 19.1. The summed E-state index contributed by atoms with van der Waals surface area (Å²) in [4.78, 5) is 19.7. The summed E-state index contributed by atoms with van der Waals surface area (Å²) in [6, 6.07) is 6.41. The third-order valence-electron chi connectivity index (χ3n) is 3.73. The van der Waals surface area contributed by atoms with Crippen molar-refractivity contribution in [3.63, 3.8) is 0 Å². The first-order chi connectivity index (χ1) is 11.1. The molecule has 6 nitrogen and oxygen atoms in total. The van der Waals surface area contributed by atoms with Gasteiger partial charge in [0.15, 0.2) is 0 Å². The lowest BCUT2D eigenvalue weighted by atomic mass is 10.1. The molecule has 23 heavy (non-hydrogen) atoms. The van der Waals surface area contributed by atoms with Crippen LogP contribution < -0.4 is 11.5 Å². The van der Waals surface area contributed by atoms with Gasteiger partial charge in [0.1, 0.15) is 23.6 Å². The monoisotopic (exact) mass is 313 g/mol. The zero-order valence-electron chi connectivity index (χ0n) is 12.4. The van der Waals surface area contributed by atoms with Crippen molar-refractivity contribution in [2.75, 3.05) is 5.73 Å². The maximum Gasteiger partial charge on any atom is 0.251 e. The van der Waals surface area contributed by atoms with Crippen molar-refractivity contribution in [2.45, 2.75) is 19.4 Å². The molecule has 7 heteroatoms. The van der Waals surface area contributed by atoms with E-state index in [4.69, 9.17) is 11.5 Å². The average molecular weight is 313 g/mol. The zero-order chi connectivity index (χ0) is 16.4. The lowest BCUT2D eigenvalue weighted by Gasteiger charge is -2.05. The number of nitrogen functional groups attached to an aromatic ring is 1. The summed E-state index contributed by atoms with van der Waals surface area (Å²) in [7, 11) is 0. The van der Waals surface area contributed by atoms with Crippen molar-refractivity contribution in [1.29, 1.82) is 0 Å². The molecular formula is C16H16FN5O. The quantitative estimate of drug-likeness (QED) is 0.751. The molecule has 0 spiro atoms. The highest BCUT2D eigenvalue weighted by Gasteiger charge is 2.16. The first kappa shape index (κ1) is 15.0. The van der Waals surface area contributed by atoms with Gasteiger partial charge in [-0.3, -0.25) is 4.79 Å². The standard InChI is InChI=1S/C16H16FN5O/c17-11-5-3-10(4-6-11)2-1-7-22-8-12(15(19)23)13-14(18)20-9-21-16(13)22/h3-6,8-9H,1-2,7H2,(H2,19,23)(H2,18,20,21). The number of fused-ring (bicyclic) bond motifs is 1. The number of carbonyl (C=O) groups is 1. The Morgan fingerprint density at radius 3 is 2.65 bits per heavy atom. The van der Waals surface area contributed by atoms with E-state index in [-0.39, 0.29) is 11.6 Å². The summed E-state index contributed by atoms with van der Waals surface area (Å²) in [5.74, 6) is -0.571. The van der Waals surface area contributed by atoms with E-state index in [1.165, 1.54) is 18.5 Å². The molecule has 0 aliphatic heterocycles. The molecule has 2 aromatic heterocycles. The van der Waals surface area contributed by atoms with Crippen molar-refractivity contribution in [3.8, 4) is 0 Å². The molecule has 4 N–H and O–H groups in total. The summed E-state index contributed by atoms with van der Waals surface area (Å²) in [5.41, 5.74) is 13.2. The second-order valence-corrected chi connectivity index (χ2v) is 5.29. The number of primary amides is 1. The second-order valence-electron chi connectivity index (χ2n) is 5.29. The number of aromatic nitrogens is 3. The van der Waals surface area contributed by atoms with Gasteiger partial charge in [0.05, 0.1) is 10.9 Å². The fourth-order valence-corrected chi connectivity index (χ4v) is 2.61. The van der Waals surface area contributed by atoms with Gasteiger partial charge in [-0.15, -0.1) is 0 Å². The van der Waals surface area contributed by atoms with Gasteiger partial charge in [-0.1, -0.05) is 12.1 Å². The third kappa shape index (κ3) is 2.98. The Morgan fingerprint density at radius 2 is 1.96 bits per heavy atom. The number of hydrogen-bond donors (Lipinski definition) is 2. The van der Waals surface area contributed by atoms with E-state index in [0.29, 0.717) is 23.1 Å². The van der Waals surface area contributed by atoms with Crippen LogP contribution in [0.3, 0.4) is 0 Å². The lowest BCUT2D eigenvalue weighted by Crippen LogP contribution is -2.11. The number of nitrogens with zero attached hydrogens (tertiary/aromatic N) is 3. The van der Waals surface area contributed by atoms with Gasteiger partial charge < -0.3 is 16.0 Å². The lowest BCUT2D eigenvalue weighted by molar-refractivity contribution is 0.100. The van der Waals surface area contributed by atoms with Crippen LogP contribution in [-0.4, -0.2) is 20.4 Å². The van der Waals surface area contributed by atoms with Gasteiger partial charge in [0, 0.05) is 12.7 Å². The van der Waals surface area contributed by atoms with Gasteiger partial charge in [-0.25, -0.2) is 14.4 Å². The molecule has 0 unspecified atom stereocenters. The number of aryl methyl sites for hydroxylation is 2. The first-order valence-electron chi connectivity index (χ1n) is 7.20. The summed E-state index contributed by atoms with van der Waals surface area (Å²) >= 11 is 0. The molecule has 0 aliphatic rings. The minimum Gasteiger partial charge on any atom is -0.383 e. The van der Waals surface area contributed by atoms with Crippen LogP contribution in [0.25, 0.3) is 11.0 Å². The van der Waals surface area contributed by atoms with Crippen LogP contribution in [0.1, 0.15) is 22.3 Å². The summed E-state index contributed by atoms with van der Waals surface area (Å²) in [6.45, 7) is 0.637. The number of benzene rings is 1. The van der Waals surface area contributed by atoms with E-state index >= 15 is 0 Å². The molecule has 0 fully saturated rings. The average Bonchev–Trinajstić information content (AvgIpc) is 2.90. The molecule has 3 aromatic rings. The smallest absolute Gasteiger partial charge is 0.251 e. The summed E-state index contributed by atoms with van der Waals surface area (Å²) in [6.07, 6.45) is 4.60. The molecule has 0 saturated carbocycles. The van der Waals surface area contributed by atoms with Crippen LogP contribution in [0.5, 0.6) is 0 Å². The molecule has 0 bridgehead atoms. The topological polar surface area (TPSA) is 99.8 Å². The van der Waals surface area contributed by atoms with Crippen LogP contribution in [-0.2, 0) is 13.0 Å². The Hall–Kier alpha value is -2.96. The molecule has 3 rings (SSSR count). The second kappa shape index (κ2) is 6.04. The Balaban J connectivity index is 1.81. The molecule has 1 aromatic carbocycles. The Morgan fingerprint density at radius 1 is 1.22 bits per heavy atom. The van der Waals surface area contributed by atoms with Gasteiger partial charge >= 0.3 is 0 Å². The number of anilines is 1. The normalized spacial score (nSPS) is 11.0. The minimum atomic E-state index is -0.561. The fraction of sp³-hybridized carbons (Fsp3) is 0.188. The predicted octanol–water partition coefficient (Wildman–Crippen LogP) is 1.88.